The first kappa shape index (κ1) is 10.4. The van der Waals surface area contributed by atoms with Crippen molar-refractivity contribution in [2.45, 2.75) is 25.8 Å². The third kappa shape index (κ3) is 3.97. The Balaban J connectivity index is 3.81. The zero-order valence-electron chi connectivity index (χ0n) is 7.48. The van der Waals surface area contributed by atoms with Gasteiger partial charge < -0.3 is 4.74 Å². The molecule has 0 radical (unpaired) electrons. The van der Waals surface area contributed by atoms with Crippen LogP contribution in [0, 0.1) is 11.3 Å². The van der Waals surface area contributed by atoms with Gasteiger partial charge in [-0.3, -0.25) is 5.32 Å². The molecule has 0 amide bonds. The topological polar surface area (TPSA) is 45.0 Å². The fourth-order valence-corrected chi connectivity index (χ4v) is 0.812. The Morgan fingerprint density at radius 1 is 1.64 bits per heavy atom. The highest BCUT2D eigenvalue weighted by molar-refractivity contribution is 5.03. The molecule has 1 N–H and O–H groups in total. The summed E-state index contributed by atoms with van der Waals surface area (Å²) in [7, 11) is 1.60. The lowest BCUT2D eigenvalue weighted by Gasteiger charge is -2.21. The number of rotatable bonds is 5. The van der Waals surface area contributed by atoms with Gasteiger partial charge in [0.05, 0.1) is 12.7 Å². The van der Waals surface area contributed by atoms with Gasteiger partial charge in [0.1, 0.15) is 5.54 Å². The van der Waals surface area contributed by atoms with Crippen molar-refractivity contribution in [3.63, 3.8) is 0 Å². The van der Waals surface area contributed by atoms with Crippen LogP contribution in [0.3, 0.4) is 0 Å². The molecular weight excluding hydrogens is 140 g/mol. The average molecular weight is 156 g/mol. The van der Waals surface area contributed by atoms with Gasteiger partial charge in [0.25, 0.3) is 0 Å². The molecule has 0 saturated carbocycles. The summed E-state index contributed by atoms with van der Waals surface area (Å²) in [6, 6.07) is 2.18. The molecule has 0 fully saturated rings. The molecule has 1 atom stereocenters. The van der Waals surface area contributed by atoms with Crippen LogP contribution in [-0.2, 0) is 4.74 Å². The van der Waals surface area contributed by atoms with Gasteiger partial charge in [-0.05, 0) is 19.9 Å². The smallest absolute Gasteiger partial charge is 0.127 e. The Hall–Kier alpha value is -0.590. The Labute approximate surface area is 68.3 Å². The van der Waals surface area contributed by atoms with Crippen molar-refractivity contribution < 1.29 is 4.74 Å². The number of hydrogen-bond donors (Lipinski definition) is 1. The first-order valence-electron chi connectivity index (χ1n) is 3.83. The minimum atomic E-state index is -0.523. The van der Waals surface area contributed by atoms with E-state index < -0.39 is 5.54 Å². The molecule has 0 aliphatic heterocycles. The normalized spacial score (nSPS) is 15.5. The van der Waals surface area contributed by atoms with E-state index in [9.17, 15) is 0 Å². The van der Waals surface area contributed by atoms with E-state index in [1.54, 1.807) is 7.11 Å². The molecule has 1 unspecified atom stereocenters. The molecule has 0 bridgehead atoms. The van der Waals surface area contributed by atoms with E-state index >= 15 is 0 Å². The minimum Gasteiger partial charge on any atom is -0.382 e. The number of nitrogens with zero attached hydrogens (tertiary/aromatic N) is 1. The summed E-state index contributed by atoms with van der Waals surface area (Å²) < 4.78 is 4.91. The fourth-order valence-electron chi connectivity index (χ4n) is 0.812. The minimum absolute atomic E-state index is 0.434. The number of hydrogen-bond acceptors (Lipinski definition) is 3. The second-order valence-electron chi connectivity index (χ2n) is 2.80. The first-order valence-corrected chi connectivity index (χ1v) is 3.83. The second kappa shape index (κ2) is 5.11. The largest absolute Gasteiger partial charge is 0.382 e. The van der Waals surface area contributed by atoms with Gasteiger partial charge in [-0.15, -0.1) is 0 Å². The van der Waals surface area contributed by atoms with E-state index in [-0.39, 0.29) is 0 Å². The van der Waals surface area contributed by atoms with Crippen molar-refractivity contribution in [2.24, 2.45) is 0 Å². The van der Waals surface area contributed by atoms with Gasteiger partial charge in [-0.1, -0.05) is 6.92 Å². The number of nitrogens with one attached hydrogen (secondary N) is 1. The Morgan fingerprint density at radius 3 is 2.64 bits per heavy atom. The number of methoxy groups -OCH3 is 1. The third-order valence-corrected chi connectivity index (χ3v) is 1.44. The van der Waals surface area contributed by atoms with E-state index in [0.29, 0.717) is 6.61 Å². The Morgan fingerprint density at radius 2 is 2.27 bits per heavy atom. The van der Waals surface area contributed by atoms with Crippen molar-refractivity contribution in [1.29, 1.82) is 5.26 Å². The average Bonchev–Trinajstić information content (AvgIpc) is 2.02. The summed E-state index contributed by atoms with van der Waals surface area (Å²) in [4.78, 5) is 0. The third-order valence-electron chi connectivity index (χ3n) is 1.44. The summed E-state index contributed by atoms with van der Waals surface area (Å²) in [6.45, 7) is 5.20. The lowest BCUT2D eigenvalue weighted by molar-refractivity contribution is 0.146. The van der Waals surface area contributed by atoms with E-state index in [2.05, 4.69) is 18.3 Å². The summed E-state index contributed by atoms with van der Waals surface area (Å²) in [6.07, 6.45) is 1.03. The molecule has 64 valence electrons. The van der Waals surface area contributed by atoms with Crippen LogP contribution in [-0.4, -0.2) is 25.8 Å². The van der Waals surface area contributed by atoms with Crippen LogP contribution >= 0.6 is 0 Å². The molecule has 0 aromatic carbocycles. The van der Waals surface area contributed by atoms with Gasteiger partial charge in [-0.25, -0.2) is 0 Å². The molecule has 0 aliphatic carbocycles. The lowest BCUT2D eigenvalue weighted by atomic mass is 10.1. The maximum atomic E-state index is 8.75. The molecule has 0 aliphatic rings. The molecular formula is C8H16N2O. The predicted molar refractivity (Wildman–Crippen MR) is 44.2 cm³/mol. The summed E-state index contributed by atoms with van der Waals surface area (Å²) in [5.74, 6) is 0. The van der Waals surface area contributed by atoms with Crippen LogP contribution < -0.4 is 5.32 Å². The predicted octanol–water partition coefficient (Wildman–Crippen LogP) is 0.915. The molecule has 0 aromatic rings. The summed E-state index contributed by atoms with van der Waals surface area (Å²) in [5.41, 5.74) is -0.523. The number of nitriles is 1. The lowest BCUT2D eigenvalue weighted by Crippen LogP contribution is -2.45. The fraction of sp³-hybridized carbons (Fsp3) is 0.875. The maximum Gasteiger partial charge on any atom is 0.127 e. The highest BCUT2D eigenvalue weighted by Crippen LogP contribution is 2.01. The van der Waals surface area contributed by atoms with E-state index in [1.165, 1.54) is 0 Å². The maximum absolute atomic E-state index is 8.75. The van der Waals surface area contributed by atoms with E-state index in [0.717, 1.165) is 13.0 Å². The van der Waals surface area contributed by atoms with Crippen molar-refractivity contribution in [1.82, 2.24) is 5.32 Å². The van der Waals surface area contributed by atoms with E-state index in [4.69, 9.17) is 10.00 Å². The van der Waals surface area contributed by atoms with Crippen molar-refractivity contribution in [3.05, 3.63) is 0 Å². The van der Waals surface area contributed by atoms with Crippen LogP contribution in [0.15, 0.2) is 0 Å². The quantitative estimate of drug-likeness (QED) is 0.643. The van der Waals surface area contributed by atoms with Crippen LogP contribution in [0.4, 0.5) is 0 Å². The highest BCUT2D eigenvalue weighted by atomic mass is 16.5. The Kier molecular flexibility index (Phi) is 4.84. The molecule has 0 heterocycles. The second-order valence-corrected chi connectivity index (χ2v) is 2.80. The molecule has 0 saturated heterocycles. The standard InChI is InChI=1S/C8H16N2O/c1-4-5-10-8(2,6-9)7-11-3/h10H,4-5,7H2,1-3H3. The molecule has 3 heteroatoms. The van der Waals surface area contributed by atoms with E-state index in [1.807, 2.05) is 6.92 Å². The first-order chi connectivity index (χ1) is 5.18. The van der Waals surface area contributed by atoms with Crippen LogP contribution in [0.25, 0.3) is 0 Å². The molecule has 0 aromatic heterocycles. The summed E-state index contributed by atoms with van der Waals surface area (Å²) >= 11 is 0. The zero-order valence-corrected chi connectivity index (χ0v) is 7.48. The van der Waals surface area contributed by atoms with Gasteiger partial charge in [0.2, 0.25) is 0 Å². The zero-order chi connectivity index (χ0) is 8.74. The molecule has 0 spiro atoms. The highest BCUT2D eigenvalue weighted by Gasteiger charge is 2.21. The molecule has 11 heavy (non-hydrogen) atoms. The van der Waals surface area contributed by atoms with Crippen molar-refractivity contribution in [3.8, 4) is 6.07 Å². The SMILES string of the molecule is CCCNC(C)(C#N)COC. The summed E-state index contributed by atoms with van der Waals surface area (Å²) in [5, 5.41) is 11.9. The number of ether oxygens (including phenoxy) is 1. The van der Waals surface area contributed by atoms with Gasteiger partial charge >= 0.3 is 0 Å². The van der Waals surface area contributed by atoms with Crippen LogP contribution in [0.5, 0.6) is 0 Å². The molecule has 3 nitrogen and oxygen atoms in total. The van der Waals surface area contributed by atoms with Gasteiger partial charge in [-0.2, -0.15) is 5.26 Å². The Bertz CT molecular complexity index is 142. The van der Waals surface area contributed by atoms with Crippen molar-refractivity contribution >= 4 is 0 Å². The van der Waals surface area contributed by atoms with Crippen molar-refractivity contribution in [2.75, 3.05) is 20.3 Å². The van der Waals surface area contributed by atoms with Crippen LogP contribution in [0.1, 0.15) is 20.3 Å². The molecule has 0 rings (SSSR count). The van der Waals surface area contributed by atoms with Crippen LogP contribution in [0.2, 0.25) is 0 Å². The van der Waals surface area contributed by atoms with Gasteiger partial charge in [0, 0.05) is 7.11 Å². The van der Waals surface area contributed by atoms with Gasteiger partial charge in [0.15, 0.2) is 0 Å². The monoisotopic (exact) mass is 156 g/mol.